The van der Waals surface area contributed by atoms with E-state index in [0.29, 0.717) is 4.88 Å². The number of aliphatic hydroxyl groups excluding tert-OH is 1. The third kappa shape index (κ3) is 3.69. The molecule has 0 aliphatic heterocycles. The number of aliphatic hydroxyl groups is 1. The second-order valence-electron chi connectivity index (χ2n) is 3.99. The van der Waals surface area contributed by atoms with E-state index in [4.69, 9.17) is 0 Å². The van der Waals surface area contributed by atoms with Crippen LogP contribution in [0.15, 0.2) is 33.9 Å². The van der Waals surface area contributed by atoms with Gasteiger partial charge in [0.25, 0.3) is 0 Å². The minimum atomic E-state index is -3.88. The van der Waals surface area contributed by atoms with Gasteiger partial charge in [0.2, 0.25) is 10.0 Å². The van der Waals surface area contributed by atoms with E-state index >= 15 is 0 Å². The average Bonchev–Trinajstić information content (AvgIpc) is 3.14. The molecule has 0 aliphatic carbocycles. The topological polar surface area (TPSA) is 92.7 Å². The maximum atomic E-state index is 12.2. The first-order valence-corrected chi connectivity index (χ1v) is 9.07. The Morgan fingerprint density at radius 2 is 2.14 bits per heavy atom. The third-order valence-corrected chi connectivity index (χ3v) is 6.09. The van der Waals surface area contributed by atoms with Gasteiger partial charge in [-0.1, -0.05) is 6.07 Å². The highest BCUT2D eigenvalue weighted by molar-refractivity contribution is 7.89. The van der Waals surface area contributed by atoms with Crippen LogP contribution in [0, 0.1) is 0 Å². The molecule has 0 aromatic carbocycles. The Labute approximate surface area is 130 Å². The number of hydrogen-bond acceptors (Lipinski definition) is 7. The van der Waals surface area contributed by atoms with Gasteiger partial charge >= 0.3 is 5.97 Å². The highest BCUT2D eigenvalue weighted by Crippen LogP contribution is 2.23. The van der Waals surface area contributed by atoms with Crippen LogP contribution in [-0.4, -0.2) is 33.1 Å². The first-order chi connectivity index (χ1) is 9.95. The van der Waals surface area contributed by atoms with Gasteiger partial charge in [0.15, 0.2) is 0 Å². The van der Waals surface area contributed by atoms with Crippen molar-refractivity contribution in [1.29, 1.82) is 0 Å². The minimum absolute atomic E-state index is 0.00983. The SMILES string of the molecule is COC(=O)c1sccc1S(=O)(=O)NC[C@H](O)c1cccs1. The Kier molecular flexibility index (Phi) is 5.12. The summed E-state index contributed by atoms with van der Waals surface area (Å²) in [5.41, 5.74) is 0. The van der Waals surface area contributed by atoms with Crippen LogP contribution in [0.5, 0.6) is 0 Å². The van der Waals surface area contributed by atoms with Gasteiger partial charge in [-0.3, -0.25) is 0 Å². The summed E-state index contributed by atoms with van der Waals surface area (Å²) in [6, 6.07) is 4.82. The first-order valence-electron chi connectivity index (χ1n) is 5.82. The van der Waals surface area contributed by atoms with Gasteiger partial charge in [0.05, 0.1) is 7.11 Å². The maximum Gasteiger partial charge on any atom is 0.349 e. The number of methoxy groups -OCH3 is 1. The van der Waals surface area contributed by atoms with Gasteiger partial charge in [-0.15, -0.1) is 22.7 Å². The molecule has 1 atom stereocenters. The fourth-order valence-corrected chi connectivity index (χ4v) is 4.68. The molecule has 0 spiro atoms. The van der Waals surface area contributed by atoms with Crippen molar-refractivity contribution < 1.29 is 23.1 Å². The number of carbonyl (C=O) groups excluding carboxylic acids is 1. The zero-order valence-corrected chi connectivity index (χ0v) is 13.4. The number of thiophene rings is 2. The van der Waals surface area contributed by atoms with Crippen molar-refractivity contribution in [3.05, 3.63) is 38.7 Å². The third-order valence-electron chi connectivity index (χ3n) is 2.63. The van der Waals surface area contributed by atoms with Crippen molar-refractivity contribution in [2.45, 2.75) is 11.0 Å². The van der Waals surface area contributed by atoms with Crippen molar-refractivity contribution in [3.63, 3.8) is 0 Å². The molecule has 2 N–H and O–H groups in total. The predicted molar refractivity (Wildman–Crippen MR) is 80.1 cm³/mol. The number of sulfonamides is 1. The lowest BCUT2D eigenvalue weighted by atomic mass is 10.3. The number of rotatable bonds is 6. The summed E-state index contributed by atoms with van der Waals surface area (Å²) in [6.45, 7) is -0.167. The Hall–Kier alpha value is -1.26. The molecule has 0 unspecified atom stereocenters. The molecule has 2 rings (SSSR count). The lowest BCUT2D eigenvalue weighted by molar-refractivity contribution is 0.0602. The van der Waals surface area contributed by atoms with E-state index in [0.717, 1.165) is 11.3 Å². The fourth-order valence-electron chi connectivity index (χ4n) is 1.60. The Morgan fingerprint density at radius 3 is 2.76 bits per heavy atom. The van der Waals surface area contributed by atoms with E-state index in [1.165, 1.54) is 29.9 Å². The highest BCUT2D eigenvalue weighted by atomic mass is 32.2. The van der Waals surface area contributed by atoms with E-state index in [-0.39, 0.29) is 16.3 Å². The predicted octanol–water partition coefficient (Wildman–Crippen LogP) is 1.61. The lowest BCUT2D eigenvalue weighted by Gasteiger charge is -2.11. The quantitative estimate of drug-likeness (QED) is 0.775. The van der Waals surface area contributed by atoms with E-state index in [1.54, 1.807) is 17.5 Å². The average molecular weight is 347 g/mol. The molecule has 0 radical (unpaired) electrons. The van der Waals surface area contributed by atoms with Gasteiger partial charge in [-0.25, -0.2) is 17.9 Å². The van der Waals surface area contributed by atoms with E-state index in [2.05, 4.69) is 9.46 Å². The Balaban J connectivity index is 2.12. The van der Waals surface area contributed by atoms with Crippen LogP contribution in [0.2, 0.25) is 0 Å². The van der Waals surface area contributed by atoms with E-state index < -0.39 is 22.1 Å². The molecule has 0 saturated heterocycles. The fraction of sp³-hybridized carbons (Fsp3) is 0.250. The summed E-state index contributed by atoms with van der Waals surface area (Å²) in [5.74, 6) is -0.704. The van der Waals surface area contributed by atoms with Gasteiger partial charge in [-0.05, 0) is 22.9 Å². The van der Waals surface area contributed by atoms with E-state index in [9.17, 15) is 18.3 Å². The molecule has 21 heavy (non-hydrogen) atoms. The van der Waals surface area contributed by atoms with Crippen LogP contribution in [0.3, 0.4) is 0 Å². The molecule has 0 aliphatic rings. The van der Waals surface area contributed by atoms with E-state index in [1.807, 2.05) is 0 Å². The molecule has 0 bridgehead atoms. The van der Waals surface area contributed by atoms with Gasteiger partial charge in [0, 0.05) is 11.4 Å². The molecule has 0 fully saturated rings. The van der Waals surface area contributed by atoms with Crippen molar-refractivity contribution in [2.75, 3.05) is 13.7 Å². The molecule has 2 aromatic heterocycles. The van der Waals surface area contributed by atoms with Crippen LogP contribution < -0.4 is 4.72 Å². The van der Waals surface area contributed by atoms with Crippen molar-refractivity contribution in [2.24, 2.45) is 0 Å². The van der Waals surface area contributed by atoms with Crippen LogP contribution in [0.1, 0.15) is 20.7 Å². The Bertz CT molecular complexity index is 705. The minimum Gasteiger partial charge on any atom is -0.465 e. The molecule has 114 valence electrons. The second kappa shape index (κ2) is 6.67. The first kappa shape index (κ1) is 16.1. The van der Waals surface area contributed by atoms with Crippen LogP contribution in [0.4, 0.5) is 0 Å². The summed E-state index contributed by atoms with van der Waals surface area (Å²) >= 11 is 2.32. The number of nitrogens with one attached hydrogen (secondary N) is 1. The van der Waals surface area contributed by atoms with Crippen molar-refractivity contribution in [1.82, 2.24) is 4.72 Å². The standard InChI is InChI=1S/C12H13NO5S3/c1-18-12(15)11-10(4-6-20-11)21(16,17)13-7-8(14)9-3-2-5-19-9/h2-6,8,13-14H,7H2,1H3/t8-/m0/s1. The zero-order chi connectivity index (χ0) is 15.5. The summed E-state index contributed by atoms with van der Waals surface area (Å²) in [4.78, 5) is 12.0. The molecule has 9 heteroatoms. The molecular weight excluding hydrogens is 334 g/mol. The van der Waals surface area contributed by atoms with Gasteiger partial charge in [-0.2, -0.15) is 0 Å². The zero-order valence-electron chi connectivity index (χ0n) is 11.0. The second-order valence-corrected chi connectivity index (χ2v) is 7.62. The van der Waals surface area contributed by atoms with Gasteiger partial charge in [0.1, 0.15) is 15.9 Å². The molecule has 0 saturated carbocycles. The summed E-state index contributed by atoms with van der Waals surface area (Å²) in [5, 5.41) is 13.2. The Morgan fingerprint density at radius 1 is 1.38 bits per heavy atom. The van der Waals surface area contributed by atoms with Crippen molar-refractivity contribution >= 4 is 38.7 Å². The maximum absolute atomic E-state index is 12.2. The molecule has 0 amide bonds. The summed E-state index contributed by atoms with van der Waals surface area (Å²) in [7, 11) is -2.70. The number of hydrogen-bond donors (Lipinski definition) is 2. The summed E-state index contributed by atoms with van der Waals surface area (Å²) in [6.07, 6.45) is -0.931. The molecule has 2 aromatic rings. The largest absolute Gasteiger partial charge is 0.465 e. The normalized spacial score (nSPS) is 13.0. The summed E-state index contributed by atoms with van der Waals surface area (Å²) < 4.78 is 31.2. The van der Waals surface area contributed by atoms with Crippen LogP contribution in [-0.2, 0) is 14.8 Å². The highest BCUT2D eigenvalue weighted by Gasteiger charge is 2.25. The number of esters is 1. The van der Waals surface area contributed by atoms with Crippen LogP contribution >= 0.6 is 22.7 Å². The monoisotopic (exact) mass is 347 g/mol. The number of carbonyl (C=O) groups is 1. The molecular formula is C12H13NO5S3. The van der Waals surface area contributed by atoms with Crippen LogP contribution in [0.25, 0.3) is 0 Å². The smallest absolute Gasteiger partial charge is 0.349 e. The molecule has 6 nitrogen and oxygen atoms in total. The van der Waals surface area contributed by atoms with Crippen molar-refractivity contribution in [3.8, 4) is 0 Å². The van der Waals surface area contributed by atoms with Gasteiger partial charge < -0.3 is 9.84 Å². The number of ether oxygens (including phenoxy) is 1. The lowest BCUT2D eigenvalue weighted by Crippen LogP contribution is -2.29. The molecule has 2 heterocycles.